The number of benzene rings is 1. The van der Waals surface area contributed by atoms with E-state index in [4.69, 9.17) is 4.99 Å². The van der Waals surface area contributed by atoms with Crippen molar-refractivity contribution in [3.8, 4) is 0 Å². The van der Waals surface area contributed by atoms with Crippen LogP contribution in [0.15, 0.2) is 34.2 Å². The Bertz CT molecular complexity index is 771. The highest BCUT2D eigenvalue weighted by molar-refractivity contribution is 7.90. The average molecular weight is 421 g/mol. The number of hydrogen-bond donors (Lipinski definition) is 2. The van der Waals surface area contributed by atoms with Crippen LogP contribution in [0.1, 0.15) is 44.6 Å². The van der Waals surface area contributed by atoms with Gasteiger partial charge in [-0.1, -0.05) is 25.0 Å². The van der Waals surface area contributed by atoms with E-state index in [-0.39, 0.29) is 0 Å². The molecule has 1 aromatic rings. The Labute approximate surface area is 176 Å². The molecule has 1 saturated carbocycles. The van der Waals surface area contributed by atoms with Crippen LogP contribution in [-0.4, -0.2) is 64.3 Å². The predicted octanol–water partition coefficient (Wildman–Crippen LogP) is 2.45. The Morgan fingerprint density at radius 3 is 2.55 bits per heavy atom. The zero-order valence-electron chi connectivity index (χ0n) is 17.9. The molecule has 0 amide bonds. The first kappa shape index (κ1) is 22.1. The summed E-state index contributed by atoms with van der Waals surface area (Å²) in [4.78, 5) is 7.71. The lowest BCUT2D eigenvalue weighted by atomic mass is 10.1. The number of nitrogens with one attached hydrogen (secondary N) is 2. The van der Waals surface area contributed by atoms with Crippen LogP contribution in [0.2, 0.25) is 0 Å². The van der Waals surface area contributed by atoms with E-state index in [1.54, 1.807) is 12.1 Å². The highest BCUT2D eigenvalue weighted by atomic mass is 32.2. The minimum absolute atomic E-state index is 0.364. The Morgan fingerprint density at radius 2 is 1.90 bits per heavy atom. The molecule has 1 aliphatic carbocycles. The van der Waals surface area contributed by atoms with Crippen LogP contribution in [0, 0.1) is 5.92 Å². The summed E-state index contributed by atoms with van der Waals surface area (Å²) in [5.41, 5.74) is 1.10. The fraction of sp³-hybridized carbons (Fsp3) is 0.682. The van der Waals surface area contributed by atoms with E-state index in [0.717, 1.165) is 37.0 Å². The molecule has 6 nitrogen and oxygen atoms in total. The minimum atomic E-state index is -3.14. The van der Waals surface area contributed by atoms with Gasteiger partial charge >= 0.3 is 0 Å². The number of aliphatic imine (C=N–C) groups is 1. The maximum Gasteiger partial charge on any atom is 0.191 e. The first-order chi connectivity index (χ1) is 13.9. The zero-order valence-corrected chi connectivity index (χ0v) is 18.7. The molecule has 1 aliphatic heterocycles. The third-order valence-electron chi connectivity index (χ3n) is 5.97. The molecule has 1 atom stereocenters. The van der Waals surface area contributed by atoms with Gasteiger partial charge in [0.1, 0.15) is 0 Å². The van der Waals surface area contributed by atoms with Gasteiger partial charge in [-0.05, 0) is 56.2 Å². The maximum absolute atomic E-state index is 11.6. The van der Waals surface area contributed by atoms with Crippen molar-refractivity contribution < 1.29 is 8.42 Å². The van der Waals surface area contributed by atoms with Crippen LogP contribution in [0.25, 0.3) is 0 Å². The molecule has 162 valence electrons. The standard InChI is InChI=1S/C22H36N4O2S/c1-3-23-22(24-14-12-18-8-10-21(11-9-18)29(2,27)28)25-20-13-15-26(17-20)16-19-6-4-5-7-19/h8-11,19-20H,3-7,12-17H2,1-2H3,(H2,23,24,25). The Balaban J connectivity index is 1.47. The van der Waals surface area contributed by atoms with E-state index in [2.05, 4.69) is 22.5 Å². The van der Waals surface area contributed by atoms with Gasteiger partial charge in [0.25, 0.3) is 0 Å². The molecule has 2 fully saturated rings. The number of hydrogen-bond acceptors (Lipinski definition) is 4. The molecule has 1 unspecified atom stereocenters. The Kier molecular flexibility index (Phi) is 7.95. The fourth-order valence-corrected chi connectivity index (χ4v) is 5.02. The van der Waals surface area contributed by atoms with Crippen LogP contribution in [0.3, 0.4) is 0 Å². The number of nitrogens with zero attached hydrogens (tertiary/aromatic N) is 2. The van der Waals surface area contributed by atoms with Crippen molar-refractivity contribution in [3.05, 3.63) is 29.8 Å². The normalized spacial score (nSPS) is 21.6. The first-order valence-corrected chi connectivity index (χ1v) is 12.9. The first-order valence-electron chi connectivity index (χ1n) is 11.0. The van der Waals surface area contributed by atoms with Crippen LogP contribution in [-0.2, 0) is 16.3 Å². The van der Waals surface area contributed by atoms with Crippen molar-refractivity contribution in [1.29, 1.82) is 0 Å². The predicted molar refractivity (Wildman–Crippen MR) is 119 cm³/mol. The number of rotatable bonds is 8. The highest BCUT2D eigenvalue weighted by Gasteiger charge is 2.26. The van der Waals surface area contributed by atoms with Gasteiger partial charge in [-0.3, -0.25) is 4.99 Å². The lowest BCUT2D eigenvalue weighted by Crippen LogP contribution is -2.45. The van der Waals surface area contributed by atoms with Gasteiger partial charge in [0.15, 0.2) is 15.8 Å². The second-order valence-corrected chi connectivity index (χ2v) is 10.5. The van der Waals surface area contributed by atoms with Crippen molar-refractivity contribution in [1.82, 2.24) is 15.5 Å². The minimum Gasteiger partial charge on any atom is -0.357 e. The van der Waals surface area contributed by atoms with Crippen LogP contribution >= 0.6 is 0 Å². The Morgan fingerprint density at radius 1 is 1.17 bits per heavy atom. The van der Waals surface area contributed by atoms with Gasteiger partial charge in [-0.15, -0.1) is 0 Å². The van der Waals surface area contributed by atoms with Crippen molar-refractivity contribution in [2.24, 2.45) is 10.9 Å². The van der Waals surface area contributed by atoms with Crippen molar-refractivity contribution in [3.63, 3.8) is 0 Å². The molecule has 29 heavy (non-hydrogen) atoms. The summed E-state index contributed by atoms with van der Waals surface area (Å²) < 4.78 is 23.1. The molecule has 1 heterocycles. The second-order valence-electron chi connectivity index (χ2n) is 8.47. The summed E-state index contributed by atoms with van der Waals surface area (Å²) in [5, 5.41) is 6.96. The van der Waals surface area contributed by atoms with Crippen LogP contribution in [0.4, 0.5) is 0 Å². The van der Waals surface area contributed by atoms with Gasteiger partial charge in [0.2, 0.25) is 0 Å². The monoisotopic (exact) mass is 420 g/mol. The van der Waals surface area contributed by atoms with Crippen molar-refractivity contribution >= 4 is 15.8 Å². The number of likely N-dealkylation sites (tertiary alicyclic amines) is 1. The van der Waals surface area contributed by atoms with Crippen molar-refractivity contribution in [2.45, 2.75) is 56.4 Å². The summed E-state index contributed by atoms with van der Waals surface area (Å²) in [6.45, 7) is 7.14. The number of guanidine groups is 1. The third-order valence-corrected chi connectivity index (χ3v) is 7.10. The molecule has 0 spiro atoms. The van der Waals surface area contributed by atoms with Crippen LogP contribution in [0.5, 0.6) is 0 Å². The van der Waals surface area contributed by atoms with Gasteiger partial charge in [0, 0.05) is 45.0 Å². The lowest BCUT2D eigenvalue weighted by Gasteiger charge is -2.21. The lowest BCUT2D eigenvalue weighted by molar-refractivity contribution is 0.275. The summed E-state index contributed by atoms with van der Waals surface area (Å²) in [5.74, 6) is 1.79. The third kappa shape index (κ3) is 7.00. The van der Waals surface area contributed by atoms with Gasteiger partial charge in [0.05, 0.1) is 4.90 Å². The van der Waals surface area contributed by atoms with Gasteiger partial charge < -0.3 is 15.5 Å². The second kappa shape index (κ2) is 10.4. The molecule has 1 saturated heterocycles. The maximum atomic E-state index is 11.6. The SMILES string of the molecule is CCNC(=NCCc1ccc(S(C)(=O)=O)cc1)NC1CCN(CC2CCCC2)C1. The average Bonchev–Trinajstić information content (AvgIpc) is 3.34. The zero-order chi connectivity index (χ0) is 20.7. The van der Waals surface area contributed by atoms with Crippen molar-refractivity contribution in [2.75, 3.05) is 39.0 Å². The molecule has 0 bridgehead atoms. The van der Waals surface area contributed by atoms with E-state index in [0.29, 0.717) is 17.5 Å². The van der Waals surface area contributed by atoms with Crippen LogP contribution < -0.4 is 10.6 Å². The molecule has 2 N–H and O–H groups in total. The molecule has 0 radical (unpaired) electrons. The Hall–Kier alpha value is -1.60. The van der Waals surface area contributed by atoms with Gasteiger partial charge in [-0.25, -0.2) is 8.42 Å². The van der Waals surface area contributed by atoms with Gasteiger partial charge in [-0.2, -0.15) is 0 Å². The van der Waals surface area contributed by atoms with E-state index < -0.39 is 9.84 Å². The largest absolute Gasteiger partial charge is 0.357 e. The van der Waals surface area contributed by atoms with E-state index >= 15 is 0 Å². The number of sulfone groups is 1. The molecule has 2 aliphatic rings. The smallest absolute Gasteiger partial charge is 0.191 e. The summed E-state index contributed by atoms with van der Waals surface area (Å²) in [6, 6.07) is 7.57. The molecular weight excluding hydrogens is 384 g/mol. The van der Waals surface area contributed by atoms with E-state index in [9.17, 15) is 8.42 Å². The van der Waals surface area contributed by atoms with E-state index in [1.807, 2.05) is 12.1 Å². The molecular formula is C22H36N4O2S. The molecule has 1 aromatic carbocycles. The topological polar surface area (TPSA) is 73.8 Å². The summed E-state index contributed by atoms with van der Waals surface area (Å²) in [7, 11) is -3.14. The molecule has 7 heteroatoms. The van der Waals surface area contributed by atoms with E-state index in [1.165, 1.54) is 51.4 Å². The highest BCUT2D eigenvalue weighted by Crippen LogP contribution is 2.26. The molecule has 3 rings (SSSR count). The fourth-order valence-electron chi connectivity index (χ4n) is 4.39. The molecule has 0 aromatic heterocycles. The summed E-state index contributed by atoms with van der Waals surface area (Å²) >= 11 is 0. The summed E-state index contributed by atoms with van der Waals surface area (Å²) in [6.07, 6.45) is 8.83. The quantitative estimate of drug-likeness (QED) is 0.499.